The van der Waals surface area contributed by atoms with Crippen LogP contribution in [0.5, 0.6) is 0 Å². The Morgan fingerprint density at radius 2 is 1.75 bits per heavy atom. The number of carbonyl (C=O) groups excluding carboxylic acids is 1. The molecule has 6 nitrogen and oxygen atoms in total. The molecule has 0 aliphatic rings. The first-order valence-corrected chi connectivity index (χ1v) is 8.74. The van der Waals surface area contributed by atoms with Crippen molar-refractivity contribution in [2.45, 2.75) is 6.42 Å². The minimum absolute atomic E-state index is 0.131. The molecule has 0 fully saturated rings. The molecule has 0 aliphatic carbocycles. The number of aromatic amines is 2. The van der Waals surface area contributed by atoms with Gasteiger partial charge >= 0.3 is 0 Å². The van der Waals surface area contributed by atoms with Gasteiger partial charge in [-0.3, -0.25) is 9.89 Å². The van der Waals surface area contributed by atoms with E-state index in [9.17, 15) is 9.18 Å². The lowest BCUT2D eigenvalue weighted by molar-refractivity contribution is 0.0984. The summed E-state index contributed by atoms with van der Waals surface area (Å²) in [6.45, 7) is 0. The first-order valence-electron chi connectivity index (χ1n) is 8.74. The average molecular weight is 371 g/mol. The van der Waals surface area contributed by atoms with Gasteiger partial charge in [-0.25, -0.2) is 15.0 Å². The molecule has 28 heavy (non-hydrogen) atoms. The van der Waals surface area contributed by atoms with E-state index in [0.717, 1.165) is 22.2 Å². The third kappa shape index (κ3) is 2.83. The van der Waals surface area contributed by atoms with Crippen molar-refractivity contribution in [2.24, 2.45) is 0 Å². The largest absolute Gasteiger partial charge is 0.300 e. The second-order valence-electron chi connectivity index (χ2n) is 6.51. The van der Waals surface area contributed by atoms with Crippen LogP contribution in [-0.4, -0.2) is 30.9 Å². The number of benzene rings is 2. The first kappa shape index (κ1) is 16.3. The molecule has 0 saturated heterocycles. The molecule has 0 amide bonds. The van der Waals surface area contributed by atoms with E-state index in [1.165, 1.54) is 12.3 Å². The predicted octanol–water partition coefficient (Wildman–Crippen LogP) is 4.07. The zero-order valence-electron chi connectivity index (χ0n) is 14.6. The number of carbonyl (C=O) groups is 1. The lowest BCUT2D eigenvalue weighted by atomic mass is 10.1. The van der Waals surface area contributed by atoms with Crippen LogP contribution in [0.25, 0.3) is 33.2 Å². The van der Waals surface area contributed by atoms with Crippen molar-refractivity contribution < 1.29 is 9.18 Å². The maximum absolute atomic E-state index is 13.5. The van der Waals surface area contributed by atoms with Crippen molar-refractivity contribution in [2.75, 3.05) is 0 Å². The molecule has 136 valence electrons. The minimum atomic E-state index is -0.553. The van der Waals surface area contributed by atoms with Crippen molar-refractivity contribution in [3.05, 3.63) is 78.1 Å². The number of aromatic nitrogens is 5. The summed E-state index contributed by atoms with van der Waals surface area (Å²) in [5.41, 5.74) is 4.35. The summed E-state index contributed by atoms with van der Waals surface area (Å²) in [5.74, 6) is -0.482. The molecule has 3 aromatic heterocycles. The highest BCUT2D eigenvalue weighted by molar-refractivity contribution is 6.03. The molecule has 0 aliphatic heterocycles. The Labute approximate surface area is 158 Å². The quantitative estimate of drug-likeness (QED) is 0.368. The minimum Gasteiger partial charge on any atom is -0.300 e. The molecule has 0 unspecified atom stereocenters. The van der Waals surface area contributed by atoms with Gasteiger partial charge in [-0.05, 0) is 23.8 Å². The Kier molecular flexibility index (Phi) is 3.72. The highest BCUT2D eigenvalue weighted by Gasteiger charge is 2.16. The van der Waals surface area contributed by atoms with Gasteiger partial charge in [0.15, 0.2) is 5.82 Å². The van der Waals surface area contributed by atoms with E-state index < -0.39 is 5.95 Å². The zero-order valence-corrected chi connectivity index (χ0v) is 14.6. The van der Waals surface area contributed by atoms with Crippen LogP contribution < -0.4 is 0 Å². The van der Waals surface area contributed by atoms with Crippen molar-refractivity contribution >= 4 is 27.7 Å². The van der Waals surface area contributed by atoms with Gasteiger partial charge < -0.3 is 5.10 Å². The number of imidazole rings is 1. The van der Waals surface area contributed by atoms with Gasteiger partial charge in [-0.15, -0.1) is 0 Å². The van der Waals surface area contributed by atoms with Crippen LogP contribution >= 0.6 is 0 Å². The molecular weight excluding hydrogens is 357 g/mol. The molecule has 3 heterocycles. The molecule has 2 N–H and O–H groups in total. The maximum atomic E-state index is 13.5. The smallest absolute Gasteiger partial charge is 0.213 e. The SMILES string of the molecule is O=C(Cc1ccccc1)c1nc2cc3[nH][nH]c(-c4ccnc(F)c4)c3cc2n1. The van der Waals surface area contributed by atoms with E-state index in [0.29, 0.717) is 16.6 Å². The summed E-state index contributed by atoms with van der Waals surface area (Å²) in [7, 11) is 0. The number of nitrogens with one attached hydrogen (secondary N) is 2. The van der Waals surface area contributed by atoms with E-state index >= 15 is 0 Å². The summed E-state index contributed by atoms with van der Waals surface area (Å²) >= 11 is 0. The fourth-order valence-electron chi connectivity index (χ4n) is 3.29. The zero-order chi connectivity index (χ0) is 19.1. The van der Waals surface area contributed by atoms with Gasteiger partial charge in [-0.1, -0.05) is 30.3 Å². The second-order valence-corrected chi connectivity index (χ2v) is 6.51. The highest BCUT2D eigenvalue weighted by atomic mass is 19.1. The van der Waals surface area contributed by atoms with E-state index in [-0.39, 0.29) is 18.0 Å². The van der Waals surface area contributed by atoms with Crippen LogP contribution in [0.15, 0.2) is 60.8 Å². The summed E-state index contributed by atoms with van der Waals surface area (Å²) in [6, 6.07) is 16.3. The number of fused-ring (bicyclic) bond motifs is 2. The van der Waals surface area contributed by atoms with Crippen LogP contribution in [0, 0.1) is 5.95 Å². The Morgan fingerprint density at radius 1 is 0.964 bits per heavy atom. The number of ketones is 1. The molecule has 7 heteroatoms. The molecule has 5 aromatic rings. The van der Waals surface area contributed by atoms with Crippen molar-refractivity contribution in [1.82, 2.24) is 25.1 Å². The topological polar surface area (TPSA) is 87.3 Å². The Morgan fingerprint density at radius 3 is 2.54 bits per heavy atom. The van der Waals surface area contributed by atoms with E-state index in [4.69, 9.17) is 0 Å². The summed E-state index contributed by atoms with van der Waals surface area (Å²) in [4.78, 5) is 24.9. The fourth-order valence-corrected chi connectivity index (χ4v) is 3.29. The third-order valence-electron chi connectivity index (χ3n) is 4.63. The van der Waals surface area contributed by atoms with Crippen LogP contribution in [0.2, 0.25) is 0 Å². The van der Waals surface area contributed by atoms with Gasteiger partial charge in [0, 0.05) is 29.6 Å². The van der Waals surface area contributed by atoms with Gasteiger partial charge in [0.05, 0.1) is 22.2 Å². The molecule has 0 saturated carbocycles. The number of Topliss-reactive ketones (excluding diaryl/α,β-unsaturated/α-hetero) is 1. The maximum Gasteiger partial charge on any atom is 0.213 e. The molecule has 2 aromatic carbocycles. The number of nitrogens with zero attached hydrogens (tertiary/aromatic N) is 3. The van der Waals surface area contributed by atoms with Crippen molar-refractivity contribution in [3.63, 3.8) is 0 Å². The standard InChI is InChI=1S/C21H14FN5O/c22-19-9-13(6-7-23-19)20-14-10-16-17(11-15(14)26-27-20)25-21(24-16)18(28)8-12-4-2-1-3-5-12/h1-7,9-11,26-27H,8H2. The van der Waals surface area contributed by atoms with Gasteiger partial charge in [-0.2, -0.15) is 4.39 Å². The van der Waals surface area contributed by atoms with Gasteiger partial charge in [0.1, 0.15) is 0 Å². The van der Waals surface area contributed by atoms with Crippen LogP contribution in [0.3, 0.4) is 0 Å². The number of halogens is 1. The molecular formula is C21H14FN5O. The molecule has 0 radical (unpaired) electrons. The fraction of sp³-hybridized carbons (Fsp3) is 0.0476. The molecule has 0 atom stereocenters. The lowest BCUT2D eigenvalue weighted by Gasteiger charge is -1.98. The second kappa shape index (κ2) is 6.38. The third-order valence-corrected chi connectivity index (χ3v) is 4.63. The lowest BCUT2D eigenvalue weighted by Crippen LogP contribution is -2.05. The normalized spacial score (nSPS) is 11.3. The molecule has 0 spiro atoms. The number of pyridine rings is 1. The summed E-state index contributed by atoms with van der Waals surface area (Å²) in [6.07, 6.45) is 1.67. The number of rotatable bonds is 4. The average Bonchev–Trinajstić information content (AvgIpc) is 3.30. The Balaban J connectivity index is 1.55. The summed E-state index contributed by atoms with van der Waals surface area (Å²) < 4.78 is 13.5. The van der Waals surface area contributed by atoms with Crippen LogP contribution in [0.1, 0.15) is 16.2 Å². The number of H-pyrrole nitrogens is 2. The predicted molar refractivity (Wildman–Crippen MR) is 103 cm³/mol. The Hall–Kier alpha value is -3.87. The van der Waals surface area contributed by atoms with Gasteiger partial charge in [0.2, 0.25) is 11.7 Å². The van der Waals surface area contributed by atoms with Crippen molar-refractivity contribution in [3.8, 4) is 11.3 Å². The van der Waals surface area contributed by atoms with Crippen LogP contribution in [-0.2, 0) is 6.42 Å². The monoisotopic (exact) mass is 371 g/mol. The molecule has 5 rings (SSSR count). The molecule has 0 bridgehead atoms. The summed E-state index contributed by atoms with van der Waals surface area (Å²) in [5, 5.41) is 6.94. The first-order chi connectivity index (χ1) is 13.7. The van der Waals surface area contributed by atoms with E-state index in [2.05, 4.69) is 25.1 Å². The highest BCUT2D eigenvalue weighted by Crippen LogP contribution is 2.29. The number of hydrogen-bond acceptors (Lipinski definition) is 4. The number of hydrogen-bond donors (Lipinski definition) is 2. The van der Waals surface area contributed by atoms with Gasteiger partial charge in [0.25, 0.3) is 0 Å². The van der Waals surface area contributed by atoms with Crippen LogP contribution in [0.4, 0.5) is 4.39 Å². The van der Waals surface area contributed by atoms with Crippen molar-refractivity contribution in [1.29, 1.82) is 0 Å². The van der Waals surface area contributed by atoms with E-state index in [1.807, 2.05) is 42.5 Å². The van der Waals surface area contributed by atoms with E-state index in [1.54, 1.807) is 6.07 Å². The Bertz CT molecular complexity index is 1320.